The molecule has 2 unspecified atom stereocenters. The summed E-state index contributed by atoms with van der Waals surface area (Å²) in [7, 11) is 0. The second-order valence-corrected chi connectivity index (χ2v) is 5.53. The Hall–Kier alpha value is -0.280. The Bertz CT molecular complexity index is 252. The lowest BCUT2D eigenvalue weighted by molar-refractivity contribution is -0.137. The molecular weight excluding hydrogens is 236 g/mol. The molecule has 2 heterocycles. The maximum atomic E-state index is 12.4. The first-order valence-electron chi connectivity index (χ1n) is 6.71. The van der Waals surface area contributed by atoms with Crippen molar-refractivity contribution in [3.63, 3.8) is 0 Å². The number of amides is 1. The minimum absolute atomic E-state index is 0. The standard InChI is InChI=1S/C13H24N2O.ClH/c1-10(2)12-6-4-8-15(12)13(16)11-5-3-7-14-9-11;/h10-12,14H,3-9H2,1-2H3;1H. The van der Waals surface area contributed by atoms with Crippen LogP contribution in [0.15, 0.2) is 0 Å². The van der Waals surface area contributed by atoms with Crippen molar-refractivity contribution < 1.29 is 4.79 Å². The van der Waals surface area contributed by atoms with Gasteiger partial charge in [0, 0.05) is 19.1 Å². The van der Waals surface area contributed by atoms with Crippen LogP contribution in [0.5, 0.6) is 0 Å². The fraction of sp³-hybridized carbons (Fsp3) is 0.923. The average molecular weight is 261 g/mol. The molecular formula is C13H25ClN2O. The summed E-state index contributed by atoms with van der Waals surface area (Å²) in [6, 6.07) is 0.495. The van der Waals surface area contributed by atoms with E-state index in [2.05, 4.69) is 24.1 Å². The van der Waals surface area contributed by atoms with Crippen molar-refractivity contribution in [3.05, 3.63) is 0 Å². The number of nitrogens with one attached hydrogen (secondary N) is 1. The highest BCUT2D eigenvalue weighted by atomic mass is 35.5. The fourth-order valence-corrected chi connectivity index (χ4v) is 3.06. The lowest BCUT2D eigenvalue weighted by atomic mass is 9.96. The number of hydrogen-bond donors (Lipinski definition) is 1. The predicted molar refractivity (Wildman–Crippen MR) is 72.4 cm³/mol. The van der Waals surface area contributed by atoms with Gasteiger partial charge in [0.1, 0.15) is 0 Å². The number of hydrogen-bond acceptors (Lipinski definition) is 2. The van der Waals surface area contributed by atoms with Gasteiger partial charge in [0.25, 0.3) is 0 Å². The van der Waals surface area contributed by atoms with E-state index >= 15 is 0 Å². The number of carbonyl (C=O) groups is 1. The van der Waals surface area contributed by atoms with E-state index in [0.29, 0.717) is 17.9 Å². The number of likely N-dealkylation sites (tertiary alicyclic amines) is 1. The summed E-state index contributed by atoms with van der Waals surface area (Å²) in [5.41, 5.74) is 0. The molecule has 0 aliphatic carbocycles. The first-order chi connectivity index (χ1) is 7.70. The van der Waals surface area contributed by atoms with Crippen molar-refractivity contribution in [3.8, 4) is 0 Å². The van der Waals surface area contributed by atoms with Crippen molar-refractivity contribution in [2.45, 2.75) is 45.6 Å². The highest BCUT2D eigenvalue weighted by molar-refractivity contribution is 5.85. The second kappa shape index (κ2) is 6.60. The number of carbonyl (C=O) groups excluding carboxylic acids is 1. The maximum Gasteiger partial charge on any atom is 0.227 e. The first kappa shape index (κ1) is 14.8. The van der Waals surface area contributed by atoms with E-state index in [1.165, 1.54) is 12.8 Å². The largest absolute Gasteiger partial charge is 0.339 e. The molecule has 17 heavy (non-hydrogen) atoms. The molecule has 0 aromatic carbocycles. The van der Waals surface area contributed by atoms with E-state index in [-0.39, 0.29) is 18.3 Å². The normalized spacial score (nSPS) is 29.2. The van der Waals surface area contributed by atoms with E-state index < -0.39 is 0 Å². The Balaban J connectivity index is 0.00000144. The minimum atomic E-state index is 0. The number of piperidine rings is 1. The number of halogens is 1. The molecule has 1 amide bonds. The van der Waals surface area contributed by atoms with Crippen molar-refractivity contribution >= 4 is 18.3 Å². The van der Waals surface area contributed by atoms with Crippen LogP contribution in [0.1, 0.15) is 39.5 Å². The molecule has 2 fully saturated rings. The third-order valence-electron chi connectivity index (χ3n) is 4.00. The van der Waals surface area contributed by atoms with Gasteiger partial charge in [-0.3, -0.25) is 4.79 Å². The van der Waals surface area contributed by atoms with Gasteiger partial charge in [0.05, 0.1) is 5.92 Å². The topological polar surface area (TPSA) is 32.3 Å². The molecule has 1 N–H and O–H groups in total. The molecule has 0 bridgehead atoms. The smallest absolute Gasteiger partial charge is 0.227 e. The SMILES string of the molecule is CC(C)C1CCCN1C(=O)C1CCCNC1.Cl. The molecule has 2 atom stereocenters. The zero-order chi connectivity index (χ0) is 11.5. The zero-order valence-electron chi connectivity index (χ0n) is 10.9. The van der Waals surface area contributed by atoms with Gasteiger partial charge in [-0.2, -0.15) is 0 Å². The highest BCUT2D eigenvalue weighted by Crippen LogP contribution is 2.26. The molecule has 0 aromatic rings. The van der Waals surface area contributed by atoms with Gasteiger partial charge in [-0.25, -0.2) is 0 Å². The summed E-state index contributed by atoms with van der Waals surface area (Å²) in [5.74, 6) is 1.25. The molecule has 100 valence electrons. The molecule has 2 saturated heterocycles. The molecule has 2 aliphatic heterocycles. The van der Waals surface area contributed by atoms with E-state index in [0.717, 1.165) is 32.5 Å². The summed E-state index contributed by atoms with van der Waals surface area (Å²) in [6.45, 7) is 7.42. The molecule has 0 spiro atoms. The van der Waals surface area contributed by atoms with E-state index in [9.17, 15) is 4.79 Å². The van der Waals surface area contributed by atoms with Crippen LogP contribution in [-0.2, 0) is 4.79 Å². The molecule has 0 radical (unpaired) electrons. The van der Waals surface area contributed by atoms with Crippen LogP contribution in [0.25, 0.3) is 0 Å². The van der Waals surface area contributed by atoms with Crippen LogP contribution in [0, 0.1) is 11.8 Å². The van der Waals surface area contributed by atoms with Gasteiger partial charge in [-0.15, -0.1) is 12.4 Å². The van der Waals surface area contributed by atoms with Crippen LogP contribution in [-0.4, -0.2) is 36.5 Å². The average Bonchev–Trinajstić information content (AvgIpc) is 2.78. The van der Waals surface area contributed by atoms with Crippen LogP contribution < -0.4 is 5.32 Å². The van der Waals surface area contributed by atoms with Crippen LogP contribution >= 0.6 is 12.4 Å². The Morgan fingerprint density at radius 1 is 1.29 bits per heavy atom. The van der Waals surface area contributed by atoms with Crippen molar-refractivity contribution in [2.24, 2.45) is 11.8 Å². The third-order valence-corrected chi connectivity index (χ3v) is 4.00. The van der Waals surface area contributed by atoms with Gasteiger partial charge < -0.3 is 10.2 Å². The fourth-order valence-electron chi connectivity index (χ4n) is 3.06. The van der Waals surface area contributed by atoms with Gasteiger partial charge in [0.2, 0.25) is 5.91 Å². The molecule has 0 saturated carbocycles. The van der Waals surface area contributed by atoms with Gasteiger partial charge in [0.15, 0.2) is 0 Å². The Morgan fingerprint density at radius 2 is 2.06 bits per heavy atom. The van der Waals surface area contributed by atoms with E-state index in [4.69, 9.17) is 0 Å². The maximum absolute atomic E-state index is 12.4. The van der Waals surface area contributed by atoms with Crippen molar-refractivity contribution in [2.75, 3.05) is 19.6 Å². The molecule has 3 nitrogen and oxygen atoms in total. The van der Waals surface area contributed by atoms with Crippen molar-refractivity contribution in [1.29, 1.82) is 0 Å². The van der Waals surface area contributed by atoms with E-state index in [1.807, 2.05) is 0 Å². The lowest BCUT2D eigenvalue weighted by Gasteiger charge is -2.32. The zero-order valence-corrected chi connectivity index (χ0v) is 11.8. The summed E-state index contributed by atoms with van der Waals surface area (Å²) in [4.78, 5) is 14.6. The van der Waals surface area contributed by atoms with Crippen molar-refractivity contribution in [1.82, 2.24) is 10.2 Å². The van der Waals surface area contributed by atoms with Crippen LogP contribution in [0.4, 0.5) is 0 Å². The molecule has 0 aromatic heterocycles. The Morgan fingerprint density at radius 3 is 2.65 bits per heavy atom. The van der Waals surface area contributed by atoms with E-state index in [1.54, 1.807) is 0 Å². The van der Waals surface area contributed by atoms with Crippen LogP contribution in [0.2, 0.25) is 0 Å². The third kappa shape index (κ3) is 3.35. The van der Waals surface area contributed by atoms with Gasteiger partial charge >= 0.3 is 0 Å². The molecule has 2 aliphatic rings. The summed E-state index contributed by atoms with van der Waals surface area (Å²) >= 11 is 0. The summed E-state index contributed by atoms with van der Waals surface area (Å²) < 4.78 is 0. The first-order valence-corrected chi connectivity index (χ1v) is 6.71. The summed E-state index contributed by atoms with van der Waals surface area (Å²) in [5, 5.41) is 3.34. The highest BCUT2D eigenvalue weighted by Gasteiger charge is 2.34. The van der Waals surface area contributed by atoms with Gasteiger partial charge in [-0.1, -0.05) is 13.8 Å². The summed E-state index contributed by atoms with van der Waals surface area (Å²) in [6.07, 6.45) is 4.61. The molecule has 4 heteroatoms. The Kier molecular flexibility index (Phi) is 5.74. The van der Waals surface area contributed by atoms with Crippen LogP contribution in [0.3, 0.4) is 0 Å². The van der Waals surface area contributed by atoms with Gasteiger partial charge in [-0.05, 0) is 38.1 Å². The number of rotatable bonds is 2. The molecule has 2 rings (SSSR count). The lowest BCUT2D eigenvalue weighted by Crippen LogP contribution is -2.46. The quantitative estimate of drug-likeness (QED) is 0.824. The monoisotopic (exact) mass is 260 g/mol. The predicted octanol–water partition coefficient (Wildman–Crippen LogP) is 2.05. The Labute approximate surface area is 111 Å². The second-order valence-electron chi connectivity index (χ2n) is 5.53. The minimum Gasteiger partial charge on any atom is -0.339 e. The number of nitrogens with zero attached hydrogens (tertiary/aromatic N) is 1.